The molecule has 9 nitrogen and oxygen atoms in total. The van der Waals surface area contributed by atoms with Crippen LogP contribution in [0.3, 0.4) is 0 Å². The Kier molecular flexibility index (Phi) is 6.36. The molecule has 0 spiro atoms. The highest BCUT2D eigenvalue weighted by Gasteiger charge is 2.20. The Morgan fingerprint density at radius 2 is 1.68 bits per heavy atom. The lowest BCUT2D eigenvalue weighted by atomic mass is 10.0. The third kappa shape index (κ3) is 4.63. The van der Waals surface area contributed by atoms with Crippen molar-refractivity contribution in [1.82, 2.24) is 24.7 Å². The van der Waals surface area contributed by atoms with Crippen molar-refractivity contribution < 1.29 is 14.3 Å². The first-order valence-electron chi connectivity index (χ1n) is 11.0. The number of amides is 1. The van der Waals surface area contributed by atoms with Crippen molar-refractivity contribution in [2.24, 2.45) is 0 Å². The molecule has 4 aromatic rings. The molecule has 1 amide bonds. The maximum atomic E-state index is 13.0. The number of hydrogen-bond donors (Lipinski definition) is 1. The molecule has 0 radical (unpaired) electrons. The molecule has 1 aromatic carbocycles. The lowest BCUT2D eigenvalue weighted by molar-refractivity contribution is -0.119. The minimum atomic E-state index is -0.566. The number of ether oxygens (including phenoxy) is 1. The van der Waals surface area contributed by atoms with E-state index in [1.165, 1.54) is 4.68 Å². The maximum absolute atomic E-state index is 13.0. The van der Waals surface area contributed by atoms with E-state index in [4.69, 9.17) is 4.74 Å². The Hall–Kier alpha value is -4.14. The monoisotopic (exact) mass is 458 g/mol. The number of esters is 1. The van der Waals surface area contributed by atoms with Gasteiger partial charge in [0.05, 0.1) is 16.8 Å². The summed E-state index contributed by atoms with van der Waals surface area (Å²) < 4.78 is 6.86. The van der Waals surface area contributed by atoms with Crippen molar-refractivity contribution in [3.05, 3.63) is 70.3 Å². The van der Waals surface area contributed by atoms with Crippen LogP contribution in [0.5, 0.6) is 0 Å². The number of carbonyl (C=O) groups excluding carboxylic acids is 2. The first-order chi connectivity index (χ1) is 16.3. The number of aromatic nitrogens is 5. The van der Waals surface area contributed by atoms with E-state index in [2.05, 4.69) is 25.4 Å². The molecule has 0 aliphatic carbocycles. The van der Waals surface area contributed by atoms with Gasteiger partial charge in [-0.3, -0.25) is 9.78 Å². The summed E-state index contributed by atoms with van der Waals surface area (Å²) >= 11 is 0. The predicted molar refractivity (Wildman–Crippen MR) is 128 cm³/mol. The number of benzene rings is 1. The molecule has 1 N–H and O–H groups in total. The van der Waals surface area contributed by atoms with E-state index in [1.54, 1.807) is 13.0 Å². The van der Waals surface area contributed by atoms with E-state index in [9.17, 15) is 9.59 Å². The van der Waals surface area contributed by atoms with E-state index in [1.807, 2.05) is 58.0 Å². The van der Waals surface area contributed by atoms with Crippen molar-refractivity contribution >= 4 is 28.6 Å². The highest BCUT2D eigenvalue weighted by atomic mass is 16.5. The molecule has 0 saturated heterocycles. The molecule has 0 unspecified atom stereocenters. The lowest BCUT2D eigenvalue weighted by Crippen LogP contribution is -2.23. The fourth-order valence-corrected chi connectivity index (χ4v) is 3.89. The predicted octanol–water partition coefficient (Wildman–Crippen LogP) is 3.80. The third-order valence-electron chi connectivity index (χ3n) is 5.37. The Morgan fingerprint density at radius 3 is 2.38 bits per heavy atom. The summed E-state index contributed by atoms with van der Waals surface area (Å²) in [7, 11) is 0. The fourth-order valence-electron chi connectivity index (χ4n) is 3.89. The minimum Gasteiger partial charge on any atom is -0.452 e. The molecule has 3 aromatic heterocycles. The zero-order valence-electron chi connectivity index (χ0n) is 19.8. The average Bonchev–Trinajstić information content (AvgIpc) is 3.16. The molecule has 3 heterocycles. The molecule has 0 saturated carbocycles. The average molecular weight is 459 g/mol. The van der Waals surface area contributed by atoms with Gasteiger partial charge in [-0.15, -0.1) is 0 Å². The number of aryl methyl sites for hydroxylation is 4. The number of carbonyl (C=O) groups is 2. The summed E-state index contributed by atoms with van der Waals surface area (Å²) in [6.45, 7) is 8.91. The van der Waals surface area contributed by atoms with Crippen molar-refractivity contribution in [3.8, 4) is 5.95 Å². The van der Waals surface area contributed by atoms with Gasteiger partial charge in [0.25, 0.3) is 11.9 Å². The van der Waals surface area contributed by atoms with Gasteiger partial charge >= 0.3 is 5.97 Å². The van der Waals surface area contributed by atoms with Crippen LogP contribution in [0, 0.1) is 27.7 Å². The van der Waals surface area contributed by atoms with Gasteiger partial charge in [0.1, 0.15) is 5.82 Å². The third-order valence-corrected chi connectivity index (χ3v) is 5.37. The molecular weight excluding hydrogens is 432 g/mol. The van der Waals surface area contributed by atoms with E-state index in [-0.39, 0.29) is 0 Å². The van der Waals surface area contributed by atoms with Crippen LogP contribution in [-0.4, -0.2) is 43.2 Å². The first kappa shape index (κ1) is 23.0. The second-order valence-electron chi connectivity index (χ2n) is 8.09. The van der Waals surface area contributed by atoms with Crippen molar-refractivity contribution in [2.75, 3.05) is 11.9 Å². The summed E-state index contributed by atoms with van der Waals surface area (Å²) in [4.78, 5) is 39.1. The van der Waals surface area contributed by atoms with E-state index < -0.39 is 18.5 Å². The first-order valence-corrected chi connectivity index (χ1v) is 11.0. The topological polar surface area (TPSA) is 112 Å². The lowest BCUT2D eigenvalue weighted by Gasteiger charge is -2.13. The molecule has 0 bridgehead atoms. The number of para-hydroxylation sites is 1. The molecule has 9 heteroatoms. The zero-order valence-corrected chi connectivity index (χ0v) is 19.8. The molecule has 34 heavy (non-hydrogen) atoms. The SMILES string of the molecule is CCc1nc2ccccc2c(C(=O)OCC(=O)Nc2cc(C)nn2-c2nc(C)cc(C)n2)c1C. The second-order valence-corrected chi connectivity index (χ2v) is 8.09. The number of rotatable bonds is 6. The number of nitrogens with zero attached hydrogens (tertiary/aromatic N) is 5. The molecule has 174 valence electrons. The Balaban J connectivity index is 1.53. The summed E-state index contributed by atoms with van der Waals surface area (Å²) in [5, 5.41) is 7.83. The van der Waals surface area contributed by atoms with Crippen molar-refractivity contribution in [2.45, 2.75) is 41.0 Å². The largest absolute Gasteiger partial charge is 0.452 e. The van der Waals surface area contributed by atoms with Crippen LogP contribution in [0.1, 0.15) is 45.6 Å². The fraction of sp³-hybridized carbons (Fsp3) is 0.280. The summed E-state index contributed by atoms with van der Waals surface area (Å²) in [5.41, 5.74) is 4.98. The molecule has 0 aliphatic heterocycles. The van der Waals surface area contributed by atoms with Gasteiger partial charge in [0, 0.05) is 28.5 Å². The second kappa shape index (κ2) is 9.38. The zero-order chi connectivity index (χ0) is 24.4. The highest BCUT2D eigenvalue weighted by Crippen LogP contribution is 2.24. The number of anilines is 1. The molecule has 4 rings (SSSR count). The van der Waals surface area contributed by atoms with Gasteiger partial charge in [-0.25, -0.2) is 14.8 Å². The molecule has 0 fully saturated rings. The smallest absolute Gasteiger partial charge is 0.339 e. The maximum Gasteiger partial charge on any atom is 0.339 e. The van der Waals surface area contributed by atoms with Crippen LogP contribution >= 0.6 is 0 Å². The van der Waals surface area contributed by atoms with E-state index >= 15 is 0 Å². The van der Waals surface area contributed by atoms with Crippen LogP contribution in [-0.2, 0) is 16.0 Å². The van der Waals surface area contributed by atoms with Gasteiger partial charge in [-0.05, 0) is 51.8 Å². The van der Waals surface area contributed by atoms with Gasteiger partial charge in [-0.2, -0.15) is 9.78 Å². The van der Waals surface area contributed by atoms with E-state index in [0.717, 1.165) is 22.6 Å². The van der Waals surface area contributed by atoms with Gasteiger partial charge < -0.3 is 10.1 Å². The van der Waals surface area contributed by atoms with Gasteiger partial charge in [-0.1, -0.05) is 25.1 Å². The Bertz CT molecular complexity index is 1390. The van der Waals surface area contributed by atoms with Crippen LogP contribution in [0.25, 0.3) is 16.9 Å². The molecule has 0 atom stereocenters. The highest BCUT2D eigenvalue weighted by molar-refractivity contribution is 6.05. The van der Waals surface area contributed by atoms with E-state index in [0.29, 0.717) is 40.3 Å². The van der Waals surface area contributed by atoms with Crippen molar-refractivity contribution in [3.63, 3.8) is 0 Å². The van der Waals surface area contributed by atoms with Crippen LogP contribution in [0.15, 0.2) is 36.4 Å². The van der Waals surface area contributed by atoms with Crippen LogP contribution in [0.2, 0.25) is 0 Å². The number of pyridine rings is 1. The summed E-state index contributed by atoms with van der Waals surface area (Å²) in [6, 6.07) is 11.0. The van der Waals surface area contributed by atoms with Gasteiger partial charge in [0.2, 0.25) is 0 Å². The number of hydrogen-bond acceptors (Lipinski definition) is 7. The minimum absolute atomic E-state index is 0.351. The van der Waals surface area contributed by atoms with Crippen LogP contribution < -0.4 is 5.32 Å². The quantitative estimate of drug-likeness (QED) is 0.437. The van der Waals surface area contributed by atoms with Crippen LogP contribution in [0.4, 0.5) is 5.82 Å². The normalized spacial score (nSPS) is 11.0. The van der Waals surface area contributed by atoms with Gasteiger partial charge in [0.15, 0.2) is 6.61 Å². The standard InChI is InChI=1S/C25H26N6O3/c1-6-19-17(5)23(18-9-7-8-10-20(18)28-19)24(33)34-13-22(32)29-21-12-16(4)30-31(21)25-26-14(2)11-15(3)27-25/h7-12H,6,13H2,1-5H3,(H,29,32). The molecular formula is C25H26N6O3. The summed E-state index contributed by atoms with van der Waals surface area (Å²) in [6.07, 6.45) is 0.682. The Morgan fingerprint density at radius 1 is 0.971 bits per heavy atom. The summed E-state index contributed by atoms with van der Waals surface area (Å²) in [5.74, 6) is -0.319. The Labute approximate surface area is 197 Å². The number of fused-ring (bicyclic) bond motifs is 1. The number of nitrogens with one attached hydrogen (secondary N) is 1. The van der Waals surface area contributed by atoms with Crippen molar-refractivity contribution in [1.29, 1.82) is 0 Å². The molecule has 0 aliphatic rings.